The van der Waals surface area contributed by atoms with E-state index in [4.69, 9.17) is 0 Å². The first-order valence-corrected chi connectivity index (χ1v) is 9.01. The molecule has 7 heteroatoms. The van der Waals surface area contributed by atoms with Crippen LogP contribution in [0.4, 0.5) is 4.39 Å². The van der Waals surface area contributed by atoms with E-state index in [2.05, 4.69) is 20.8 Å². The Hall–Kier alpha value is -0.500. The summed E-state index contributed by atoms with van der Waals surface area (Å²) in [4.78, 5) is 1.79. The molecule has 0 N–H and O–H groups in total. The summed E-state index contributed by atoms with van der Waals surface area (Å²) in [6.45, 7) is 0.373. The van der Waals surface area contributed by atoms with Crippen molar-refractivity contribution >= 4 is 26.0 Å². The van der Waals surface area contributed by atoms with E-state index in [1.54, 1.807) is 0 Å². The fourth-order valence-electron chi connectivity index (χ4n) is 2.68. The molecule has 1 fully saturated rings. The predicted molar refractivity (Wildman–Crippen MR) is 84.2 cm³/mol. The van der Waals surface area contributed by atoms with Gasteiger partial charge in [-0.25, -0.2) is 12.8 Å². The Labute approximate surface area is 134 Å². The molecule has 0 bridgehead atoms. The van der Waals surface area contributed by atoms with Crippen LogP contribution in [0, 0.1) is 5.82 Å². The second kappa shape index (κ2) is 5.95. The Morgan fingerprint density at radius 2 is 1.90 bits per heavy atom. The second-order valence-corrected chi connectivity index (χ2v) is 8.74. The van der Waals surface area contributed by atoms with Gasteiger partial charge in [0.05, 0.1) is 0 Å². The van der Waals surface area contributed by atoms with Gasteiger partial charge in [-0.2, -0.15) is 4.31 Å². The highest BCUT2D eigenvalue weighted by Crippen LogP contribution is 2.37. The molecule has 1 aromatic rings. The van der Waals surface area contributed by atoms with Gasteiger partial charge in [0.15, 0.2) is 0 Å². The average Bonchev–Trinajstić information content (AvgIpc) is 2.32. The number of hydrogen-bond donors (Lipinski definition) is 0. The Morgan fingerprint density at radius 1 is 1.29 bits per heavy atom. The van der Waals surface area contributed by atoms with Crippen LogP contribution in [0.5, 0.6) is 0 Å². The molecule has 1 saturated carbocycles. The molecular weight excluding hydrogens is 359 g/mol. The van der Waals surface area contributed by atoms with Crippen LogP contribution in [0.15, 0.2) is 27.6 Å². The van der Waals surface area contributed by atoms with Gasteiger partial charge in [-0.3, -0.25) is 0 Å². The topological polar surface area (TPSA) is 40.6 Å². The first-order valence-electron chi connectivity index (χ1n) is 6.78. The van der Waals surface area contributed by atoms with Gasteiger partial charge < -0.3 is 4.90 Å². The van der Waals surface area contributed by atoms with Crippen LogP contribution in [-0.2, 0) is 10.0 Å². The van der Waals surface area contributed by atoms with Crippen LogP contribution in [-0.4, -0.2) is 50.8 Å². The number of halogens is 2. The lowest BCUT2D eigenvalue weighted by Gasteiger charge is -2.48. The maximum atomic E-state index is 13.9. The zero-order chi connectivity index (χ0) is 15.8. The van der Waals surface area contributed by atoms with Crippen LogP contribution in [0.25, 0.3) is 0 Å². The van der Waals surface area contributed by atoms with Crippen molar-refractivity contribution in [3.05, 3.63) is 28.5 Å². The molecule has 21 heavy (non-hydrogen) atoms. The Balaban J connectivity index is 2.27. The summed E-state index contributed by atoms with van der Waals surface area (Å²) in [5.74, 6) is -0.733. The number of rotatable bonds is 5. The highest BCUT2D eigenvalue weighted by atomic mass is 79.9. The van der Waals surface area contributed by atoms with Gasteiger partial charge in [-0.1, -0.05) is 15.9 Å². The third kappa shape index (κ3) is 3.16. The van der Waals surface area contributed by atoms with Crippen molar-refractivity contribution in [3.63, 3.8) is 0 Å². The van der Waals surface area contributed by atoms with Crippen molar-refractivity contribution in [1.29, 1.82) is 0 Å². The van der Waals surface area contributed by atoms with Crippen LogP contribution in [0.3, 0.4) is 0 Å². The van der Waals surface area contributed by atoms with E-state index in [1.807, 2.05) is 14.1 Å². The minimum atomic E-state index is -3.82. The van der Waals surface area contributed by atoms with Crippen LogP contribution >= 0.6 is 15.9 Å². The Kier molecular flexibility index (Phi) is 4.78. The molecule has 2 rings (SSSR count). The molecule has 1 aliphatic rings. The predicted octanol–water partition coefficient (Wildman–Crippen LogP) is 2.69. The van der Waals surface area contributed by atoms with Gasteiger partial charge in [0.2, 0.25) is 10.0 Å². The van der Waals surface area contributed by atoms with Gasteiger partial charge in [0, 0.05) is 23.6 Å². The first-order chi connectivity index (χ1) is 9.69. The molecular formula is C14H20BrFN2O2S. The third-order valence-electron chi connectivity index (χ3n) is 4.33. The van der Waals surface area contributed by atoms with Crippen molar-refractivity contribution < 1.29 is 12.8 Å². The number of hydrogen-bond acceptors (Lipinski definition) is 3. The van der Waals surface area contributed by atoms with Gasteiger partial charge in [0.1, 0.15) is 10.7 Å². The first kappa shape index (κ1) is 16.9. The van der Waals surface area contributed by atoms with E-state index in [9.17, 15) is 12.8 Å². The lowest BCUT2D eigenvalue weighted by molar-refractivity contribution is 0.0455. The average molecular weight is 379 g/mol. The van der Waals surface area contributed by atoms with E-state index in [0.29, 0.717) is 11.0 Å². The normalized spacial score (nSPS) is 18.0. The second-order valence-electron chi connectivity index (χ2n) is 5.81. The molecule has 0 atom stereocenters. The molecule has 0 heterocycles. The van der Waals surface area contributed by atoms with Crippen molar-refractivity contribution in [2.24, 2.45) is 0 Å². The van der Waals surface area contributed by atoms with Crippen molar-refractivity contribution in [3.8, 4) is 0 Å². The summed E-state index contributed by atoms with van der Waals surface area (Å²) in [6, 6.07) is 4.01. The Morgan fingerprint density at radius 3 is 2.33 bits per heavy atom. The fourth-order valence-corrected chi connectivity index (χ4v) is 4.31. The number of nitrogens with zero attached hydrogens (tertiary/aromatic N) is 2. The quantitative estimate of drug-likeness (QED) is 0.790. The van der Waals surface area contributed by atoms with Crippen molar-refractivity contribution in [2.75, 3.05) is 27.7 Å². The monoisotopic (exact) mass is 378 g/mol. The summed E-state index contributed by atoms with van der Waals surface area (Å²) in [7, 11) is 1.61. The molecule has 118 valence electrons. The van der Waals surface area contributed by atoms with Gasteiger partial charge in [-0.15, -0.1) is 0 Å². The highest BCUT2D eigenvalue weighted by molar-refractivity contribution is 9.10. The summed E-state index contributed by atoms with van der Waals surface area (Å²) in [5.41, 5.74) is -0.131. The third-order valence-corrected chi connectivity index (χ3v) is 6.66. The minimum Gasteiger partial charge on any atom is -0.302 e. The molecule has 0 saturated heterocycles. The zero-order valence-electron chi connectivity index (χ0n) is 12.4. The zero-order valence-corrected chi connectivity index (χ0v) is 14.8. The molecule has 0 radical (unpaired) electrons. The lowest BCUT2D eigenvalue weighted by Crippen LogP contribution is -2.57. The van der Waals surface area contributed by atoms with Crippen molar-refractivity contribution in [2.45, 2.75) is 29.7 Å². The van der Waals surface area contributed by atoms with E-state index in [0.717, 1.165) is 19.3 Å². The fraction of sp³-hybridized carbons (Fsp3) is 0.571. The summed E-state index contributed by atoms with van der Waals surface area (Å²) >= 11 is 3.13. The van der Waals surface area contributed by atoms with E-state index >= 15 is 0 Å². The summed E-state index contributed by atoms with van der Waals surface area (Å²) < 4.78 is 40.8. The van der Waals surface area contributed by atoms with E-state index in [-0.39, 0.29) is 10.4 Å². The number of benzene rings is 1. The maximum Gasteiger partial charge on any atom is 0.245 e. The molecule has 4 nitrogen and oxygen atoms in total. The smallest absolute Gasteiger partial charge is 0.245 e. The summed E-state index contributed by atoms with van der Waals surface area (Å²) in [6.07, 6.45) is 3.02. The van der Waals surface area contributed by atoms with Crippen LogP contribution < -0.4 is 0 Å². The molecule has 0 aromatic heterocycles. The van der Waals surface area contributed by atoms with Crippen LogP contribution in [0.1, 0.15) is 19.3 Å². The van der Waals surface area contributed by atoms with Crippen molar-refractivity contribution in [1.82, 2.24) is 9.21 Å². The molecule has 0 spiro atoms. The maximum absolute atomic E-state index is 13.9. The van der Waals surface area contributed by atoms with Gasteiger partial charge in [0.25, 0.3) is 0 Å². The minimum absolute atomic E-state index is 0.131. The molecule has 1 aromatic carbocycles. The lowest BCUT2D eigenvalue weighted by atomic mass is 9.75. The molecule has 1 aliphatic carbocycles. The largest absolute Gasteiger partial charge is 0.302 e. The van der Waals surface area contributed by atoms with E-state index in [1.165, 1.54) is 29.6 Å². The molecule has 0 unspecified atom stereocenters. The van der Waals surface area contributed by atoms with Crippen LogP contribution in [0.2, 0.25) is 0 Å². The number of sulfonamides is 1. The molecule has 0 aliphatic heterocycles. The standard InChI is InChI=1S/C14H20BrFN2O2S/c1-17(2)14(7-4-8-14)10-18(3)21(19,20)13-6-5-11(15)9-12(13)16/h5-6,9H,4,7-8,10H2,1-3H3. The number of likely N-dealkylation sites (N-methyl/N-ethyl adjacent to an activating group) is 2. The highest BCUT2D eigenvalue weighted by Gasteiger charge is 2.42. The summed E-state index contributed by atoms with van der Waals surface area (Å²) in [5, 5.41) is 0. The Bertz CT molecular complexity index is 630. The van der Waals surface area contributed by atoms with Gasteiger partial charge in [-0.05, 0) is 51.6 Å². The van der Waals surface area contributed by atoms with E-state index < -0.39 is 15.8 Å². The SMILES string of the molecule is CN(C)C1(CN(C)S(=O)(=O)c2ccc(Br)cc2F)CCC1. The van der Waals surface area contributed by atoms with Gasteiger partial charge >= 0.3 is 0 Å². The molecule has 0 amide bonds.